The van der Waals surface area contributed by atoms with Gasteiger partial charge in [0.2, 0.25) is 5.75 Å². The van der Waals surface area contributed by atoms with E-state index in [4.69, 9.17) is 9.84 Å². The minimum Gasteiger partial charge on any atom is -0.502 e. The lowest BCUT2D eigenvalue weighted by Gasteiger charge is -2.12. The summed E-state index contributed by atoms with van der Waals surface area (Å²) in [7, 11) is 1.45. The Bertz CT molecular complexity index is 470. The van der Waals surface area contributed by atoms with Crippen molar-refractivity contribution < 1.29 is 24.5 Å². The zero-order valence-corrected chi connectivity index (χ0v) is 13.4. The zero-order valence-electron chi connectivity index (χ0n) is 13.4. The maximum Gasteiger partial charge on any atom is 0.511 e. The molecular formula is C17H26O5. The minimum absolute atomic E-state index is 0.104. The van der Waals surface area contributed by atoms with Crippen molar-refractivity contribution in [3.63, 3.8) is 0 Å². The predicted octanol–water partition coefficient (Wildman–Crippen LogP) is 4.75. The van der Waals surface area contributed by atoms with Crippen molar-refractivity contribution in [2.45, 2.75) is 58.3 Å². The lowest BCUT2D eigenvalue weighted by molar-refractivity contribution is 0.142. The molecule has 1 aromatic rings. The number of hydrogen-bond donors (Lipinski definition) is 2. The van der Waals surface area contributed by atoms with E-state index in [0.717, 1.165) is 24.8 Å². The number of rotatable bonds is 10. The van der Waals surface area contributed by atoms with Crippen LogP contribution in [-0.4, -0.2) is 23.5 Å². The Morgan fingerprint density at radius 3 is 2.32 bits per heavy atom. The van der Waals surface area contributed by atoms with Crippen molar-refractivity contribution in [3.05, 3.63) is 17.7 Å². The number of carboxylic acid groups (broad SMARTS) is 1. The third-order valence-corrected chi connectivity index (χ3v) is 3.63. The summed E-state index contributed by atoms with van der Waals surface area (Å²) in [6, 6.07) is 3.20. The highest BCUT2D eigenvalue weighted by atomic mass is 16.7. The van der Waals surface area contributed by atoms with Gasteiger partial charge in [0.05, 0.1) is 7.11 Å². The third-order valence-electron chi connectivity index (χ3n) is 3.63. The molecule has 1 aromatic carbocycles. The molecule has 2 N–H and O–H groups in total. The second-order valence-corrected chi connectivity index (χ2v) is 5.34. The second kappa shape index (κ2) is 9.92. The molecule has 0 aliphatic rings. The zero-order chi connectivity index (χ0) is 16.4. The van der Waals surface area contributed by atoms with Gasteiger partial charge in [-0.2, -0.15) is 0 Å². The van der Waals surface area contributed by atoms with Crippen LogP contribution in [0.1, 0.15) is 57.4 Å². The average Bonchev–Trinajstić information content (AvgIpc) is 2.48. The molecule has 0 fully saturated rings. The van der Waals surface area contributed by atoms with Crippen LogP contribution < -0.4 is 9.47 Å². The predicted molar refractivity (Wildman–Crippen MR) is 85.0 cm³/mol. The minimum atomic E-state index is -1.46. The SMILES string of the molecule is CCCCCCCCCc1ccc(OC(=O)O)c(O)c1OC. The Balaban J connectivity index is 2.52. The number of ether oxygens (including phenoxy) is 2. The van der Waals surface area contributed by atoms with E-state index in [1.54, 1.807) is 6.07 Å². The number of unbranched alkanes of at least 4 members (excludes halogenated alkanes) is 6. The summed E-state index contributed by atoms with van der Waals surface area (Å²) in [4.78, 5) is 10.6. The normalized spacial score (nSPS) is 10.5. The van der Waals surface area contributed by atoms with E-state index < -0.39 is 6.16 Å². The van der Waals surface area contributed by atoms with Crippen LogP contribution in [0.4, 0.5) is 4.79 Å². The molecule has 0 bridgehead atoms. The molecule has 0 radical (unpaired) electrons. The first-order chi connectivity index (χ1) is 10.6. The van der Waals surface area contributed by atoms with Crippen LogP contribution in [0.15, 0.2) is 12.1 Å². The Labute approximate surface area is 131 Å². The molecule has 0 aromatic heterocycles. The van der Waals surface area contributed by atoms with Crippen LogP contribution >= 0.6 is 0 Å². The van der Waals surface area contributed by atoms with E-state index in [1.807, 2.05) is 0 Å². The van der Waals surface area contributed by atoms with Gasteiger partial charge in [-0.3, -0.25) is 0 Å². The van der Waals surface area contributed by atoms with Crippen LogP contribution in [0.3, 0.4) is 0 Å². The number of carbonyl (C=O) groups is 1. The molecule has 22 heavy (non-hydrogen) atoms. The van der Waals surface area contributed by atoms with Gasteiger partial charge < -0.3 is 19.7 Å². The molecule has 0 spiro atoms. The summed E-state index contributed by atoms with van der Waals surface area (Å²) in [5.41, 5.74) is 0.867. The molecule has 0 saturated carbocycles. The molecule has 5 heteroatoms. The van der Waals surface area contributed by atoms with Gasteiger partial charge in [-0.25, -0.2) is 4.79 Å². The molecule has 0 atom stereocenters. The molecule has 0 aliphatic carbocycles. The lowest BCUT2D eigenvalue weighted by Crippen LogP contribution is -2.04. The molecule has 124 valence electrons. The van der Waals surface area contributed by atoms with Crippen molar-refractivity contribution in [3.8, 4) is 17.2 Å². The fraction of sp³-hybridized carbons (Fsp3) is 0.588. The molecule has 5 nitrogen and oxygen atoms in total. The molecule has 0 amide bonds. The highest BCUT2D eigenvalue weighted by Gasteiger charge is 2.16. The summed E-state index contributed by atoms with van der Waals surface area (Å²) in [5, 5.41) is 18.6. The van der Waals surface area contributed by atoms with E-state index in [0.29, 0.717) is 5.75 Å². The summed E-state index contributed by atoms with van der Waals surface area (Å²) >= 11 is 0. The second-order valence-electron chi connectivity index (χ2n) is 5.34. The number of phenolic OH excluding ortho intramolecular Hbond substituents is 1. The van der Waals surface area contributed by atoms with Gasteiger partial charge in [0, 0.05) is 0 Å². The molecule has 0 saturated heterocycles. The summed E-state index contributed by atoms with van der Waals surface area (Å²) < 4.78 is 9.70. The van der Waals surface area contributed by atoms with Crippen LogP contribution in [0.25, 0.3) is 0 Å². The molecule has 0 heterocycles. The van der Waals surface area contributed by atoms with Crippen molar-refractivity contribution >= 4 is 6.16 Å². The lowest BCUT2D eigenvalue weighted by atomic mass is 10.0. The summed E-state index contributed by atoms with van der Waals surface area (Å²) in [5.74, 6) is -0.0669. The Kier molecular flexibility index (Phi) is 8.18. The monoisotopic (exact) mass is 310 g/mol. The molecule has 0 aliphatic heterocycles. The Morgan fingerprint density at radius 1 is 1.09 bits per heavy atom. The number of aromatic hydroxyl groups is 1. The number of hydrogen-bond acceptors (Lipinski definition) is 4. The summed E-state index contributed by atoms with van der Waals surface area (Å²) in [6.45, 7) is 2.20. The van der Waals surface area contributed by atoms with E-state index in [2.05, 4.69) is 11.7 Å². The number of methoxy groups -OCH3 is 1. The van der Waals surface area contributed by atoms with Gasteiger partial charge in [0.1, 0.15) is 0 Å². The van der Waals surface area contributed by atoms with Gasteiger partial charge >= 0.3 is 6.16 Å². The van der Waals surface area contributed by atoms with Gasteiger partial charge in [0.15, 0.2) is 11.5 Å². The van der Waals surface area contributed by atoms with Crippen LogP contribution in [0.2, 0.25) is 0 Å². The molecule has 1 rings (SSSR count). The van der Waals surface area contributed by atoms with Crippen LogP contribution in [-0.2, 0) is 6.42 Å². The fourth-order valence-corrected chi connectivity index (χ4v) is 2.47. The topological polar surface area (TPSA) is 76.0 Å². The maximum absolute atomic E-state index is 10.6. The van der Waals surface area contributed by atoms with Crippen molar-refractivity contribution in [2.24, 2.45) is 0 Å². The standard InChI is InChI=1S/C17H26O5/c1-3-4-5-6-7-8-9-10-13-11-12-14(22-17(19)20)15(18)16(13)21-2/h11-12,18H,3-10H2,1-2H3,(H,19,20). The van der Waals surface area contributed by atoms with Gasteiger partial charge in [-0.05, 0) is 24.5 Å². The highest BCUT2D eigenvalue weighted by Crippen LogP contribution is 2.39. The van der Waals surface area contributed by atoms with Crippen LogP contribution in [0.5, 0.6) is 17.2 Å². The van der Waals surface area contributed by atoms with Gasteiger partial charge in [-0.15, -0.1) is 0 Å². The van der Waals surface area contributed by atoms with E-state index in [9.17, 15) is 9.90 Å². The smallest absolute Gasteiger partial charge is 0.502 e. The highest BCUT2D eigenvalue weighted by molar-refractivity contribution is 5.65. The first-order valence-corrected chi connectivity index (χ1v) is 7.89. The van der Waals surface area contributed by atoms with Crippen molar-refractivity contribution in [1.82, 2.24) is 0 Å². The first-order valence-electron chi connectivity index (χ1n) is 7.89. The van der Waals surface area contributed by atoms with E-state index in [1.165, 1.54) is 45.3 Å². The first kappa shape index (κ1) is 18.1. The van der Waals surface area contributed by atoms with Gasteiger partial charge in [0.25, 0.3) is 0 Å². The molecular weight excluding hydrogens is 284 g/mol. The van der Waals surface area contributed by atoms with Crippen LogP contribution in [0, 0.1) is 0 Å². The maximum atomic E-state index is 10.6. The average molecular weight is 310 g/mol. The van der Waals surface area contributed by atoms with Crippen molar-refractivity contribution in [2.75, 3.05) is 7.11 Å². The van der Waals surface area contributed by atoms with E-state index >= 15 is 0 Å². The Hall–Kier alpha value is -1.91. The van der Waals surface area contributed by atoms with E-state index in [-0.39, 0.29) is 11.5 Å². The number of phenols is 1. The number of benzene rings is 1. The number of aryl methyl sites for hydroxylation is 1. The quantitative estimate of drug-likeness (QED) is 0.370. The van der Waals surface area contributed by atoms with Crippen molar-refractivity contribution in [1.29, 1.82) is 0 Å². The van der Waals surface area contributed by atoms with Gasteiger partial charge in [-0.1, -0.05) is 51.5 Å². The third kappa shape index (κ3) is 5.84. The largest absolute Gasteiger partial charge is 0.511 e. The Morgan fingerprint density at radius 2 is 1.73 bits per heavy atom. The summed E-state index contributed by atoms with van der Waals surface area (Å²) in [6.07, 6.45) is 7.81. The molecule has 0 unspecified atom stereocenters. The fourth-order valence-electron chi connectivity index (χ4n) is 2.47.